The third-order valence-electron chi connectivity index (χ3n) is 3.65. The van der Waals surface area contributed by atoms with Crippen molar-refractivity contribution in [1.29, 1.82) is 0 Å². The lowest BCUT2D eigenvalue weighted by atomic mass is 10.1. The van der Waals surface area contributed by atoms with Crippen molar-refractivity contribution in [3.05, 3.63) is 59.5 Å². The number of rotatable bonds is 6. The quantitative estimate of drug-likeness (QED) is 0.617. The molecular weight excluding hydrogens is 326 g/mol. The van der Waals surface area contributed by atoms with Crippen molar-refractivity contribution in [2.45, 2.75) is 27.3 Å². The number of benzene rings is 1. The van der Waals surface area contributed by atoms with Crippen molar-refractivity contribution < 1.29 is 13.6 Å². The van der Waals surface area contributed by atoms with Crippen molar-refractivity contribution in [3.8, 4) is 0 Å². The minimum atomic E-state index is -0.842. The molecule has 0 spiro atoms. The van der Waals surface area contributed by atoms with Gasteiger partial charge in [-0.15, -0.1) is 0 Å². The number of aromatic nitrogens is 2. The first kappa shape index (κ1) is 18.4. The molecule has 0 radical (unpaired) electrons. The number of halogens is 2. The predicted octanol–water partition coefficient (Wildman–Crippen LogP) is 3.80. The highest BCUT2D eigenvalue weighted by Gasteiger charge is 2.15. The molecule has 132 valence electrons. The summed E-state index contributed by atoms with van der Waals surface area (Å²) in [7, 11) is 0. The van der Waals surface area contributed by atoms with E-state index in [4.69, 9.17) is 5.73 Å². The number of allylic oxidation sites excluding steroid dienone is 3. The minimum Gasteiger partial charge on any atom is -0.366 e. The van der Waals surface area contributed by atoms with E-state index in [1.807, 2.05) is 6.92 Å². The smallest absolute Gasteiger partial charge is 0.250 e. The second-order valence-corrected chi connectivity index (χ2v) is 5.72. The summed E-state index contributed by atoms with van der Waals surface area (Å²) < 4.78 is 29.4. The lowest BCUT2D eigenvalue weighted by Gasteiger charge is -2.12. The Labute approximate surface area is 144 Å². The van der Waals surface area contributed by atoms with Gasteiger partial charge in [0.2, 0.25) is 0 Å². The van der Waals surface area contributed by atoms with Gasteiger partial charge in [-0.05, 0) is 44.6 Å². The van der Waals surface area contributed by atoms with Gasteiger partial charge >= 0.3 is 0 Å². The maximum absolute atomic E-state index is 13.9. The van der Waals surface area contributed by atoms with Crippen LogP contribution in [-0.2, 0) is 11.3 Å². The maximum atomic E-state index is 13.9. The molecular formula is C18H20F2N4O. The number of aryl methyl sites for hydroxylation is 1. The number of nitrogens with two attached hydrogens (primary N) is 1. The van der Waals surface area contributed by atoms with E-state index in [2.05, 4.69) is 17.0 Å². The second kappa shape index (κ2) is 7.29. The van der Waals surface area contributed by atoms with Crippen molar-refractivity contribution in [2.75, 3.05) is 5.32 Å². The summed E-state index contributed by atoms with van der Waals surface area (Å²) in [6, 6.07) is 2.62. The Morgan fingerprint density at radius 3 is 2.68 bits per heavy atom. The summed E-state index contributed by atoms with van der Waals surface area (Å²) in [6.07, 6.45) is 2.59. The Hall–Kier alpha value is -2.96. The van der Waals surface area contributed by atoms with E-state index >= 15 is 0 Å². The molecule has 1 aromatic heterocycles. The van der Waals surface area contributed by atoms with Crippen LogP contribution in [0.3, 0.4) is 0 Å². The monoisotopic (exact) mass is 346 g/mol. The Morgan fingerprint density at radius 1 is 1.44 bits per heavy atom. The van der Waals surface area contributed by atoms with Crippen LogP contribution in [0, 0.1) is 5.82 Å². The molecule has 0 aliphatic heterocycles. The zero-order chi connectivity index (χ0) is 18.7. The fourth-order valence-corrected chi connectivity index (χ4v) is 2.31. The average Bonchev–Trinajstić information content (AvgIpc) is 2.94. The first-order chi connectivity index (χ1) is 11.7. The fraction of sp³-hybridized carbons (Fsp3) is 0.222. The molecule has 1 amide bonds. The number of fused-ring (bicyclic) bond motifs is 1. The number of carbonyl (C=O) groups excluding carboxylic acids is 1. The summed E-state index contributed by atoms with van der Waals surface area (Å²) >= 11 is 0. The van der Waals surface area contributed by atoms with Gasteiger partial charge in [-0.2, -0.15) is 5.10 Å². The van der Waals surface area contributed by atoms with Gasteiger partial charge in [-0.1, -0.05) is 6.58 Å². The van der Waals surface area contributed by atoms with Crippen LogP contribution in [0.5, 0.6) is 0 Å². The third-order valence-corrected chi connectivity index (χ3v) is 3.65. The van der Waals surface area contributed by atoms with Crippen LogP contribution >= 0.6 is 0 Å². The molecule has 2 aromatic rings. The second-order valence-electron chi connectivity index (χ2n) is 5.72. The van der Waals surface area contributed by atoms with Crippen LogP contribution in [0.25, 0.3) is 10.9 Å². The van der Waals surface area contributed by atoms with Gasteiger partial charge < -0.3 is 11.1 Å². The van der Waals surface area contributed by atoms with Crippen molar-refractivity contribution in [1.82, 2.24) is 9.78 Å². The number of nitrogens with one attached hydrogen (secondary N) is 1. The van der Waals surface area contributed by atoms with Gasteiger partial charge in [0.1, 0.15) is 11.6 Å². The molecule has 0 saturated heterocycles. The number of carbonyl (C=O) groups is 1. The van der Waals surface area contributed by atoms with Gasteiger partial charge in [0.05, 0.1) is 23.0 Å². The number of anilines is 1. The minimum absolute atomic E-state index is 0.0695. The molecule has 3 N–H and O–H groups in total. The van der Waals surface area contributed by atoms with E-state index < -0.39 is 17.6 Å². The third kappa shape index (κ3) is 3.93. The molecule has 7 heteroatoms. The molecule has 0 aliphatic carbocycles. The Balaban J connectivity index is 2.46. The van der Waals surface area contributed by atoms with Crippen LogP contribution in [0.1, 0.15) is 20.8 Å². The van der Waals surface area contributed by atoms with Gasteiger partial charge in [0.25, 0.3) is 5.91 Å². The Bertz CT molecular complexity index is 905. The number of nitrogens with zero attached hydrogens (tertiary/aromatic N) is 2. The van der Waals surface area contributed by atoms with Crippen LogP contribution in [0.2, 0.25) is 0 Å². The standard InChI is InChI=1S/C18H20F2N4O/c1-5-24-17-7-12(19)6-16(14(17)9-22-24)23-11(4)13(18(21)25)8-15(20)10(2)3/h6-9,23H,4-5H2,1-3H3,(H2,21,25)/b13-8+. The van der Waals surface area contributed by atoms with E-state index in [-0.39, 0.29) is 11.3 Å². The number of hydrogen-bond donors (Lipinski definition) is 2. The molecule has 0 unspecified atom stereocenters. The summed E-state index contributed by atoms with van der Waals surface area (Å²) in [4.78, 5) is 11.6. The Kier molecular flexibility index (Phi) is 5.36. The predicted molar refractivity (Wildman–Crippen MR) is 94.9 cm³/mol. The number of amides is 1. The lowest BCUT2D eigenvalue weighted by molar-refractivity contribution is -0.114. The van der Waals surface area contributed by atoms with Crippen molar-refractivity contribution in [2.24, 2.45) is 5.73 Å². The molecule has 0 saturated carbocycles. The highest BCUT2D eigenvalue weighted by atomic mass is 19.1. The van der Waals surface area contributed by atoms with Gasteiger partial charge in [-0.25, -0.2) is 8.78 Å². The fourth-order valence-electron chi connectivity index (χ4n) is 2.31. The summed E-state index contributed by atoms with van der Waals surface area (Å²) in [5.41, 5.74) is 6.62. The van der Waals surface area contributed by atoms with Gasteiger partial charge in [0.15, 0.2) is 0 Å². The molecule has 0 atom stereocenters. The largest absolute Gasteiger partial charge is 0.366 e. The van der Waals surface area contributed by atoms with Gasteiger partial charge in [0, 0.05) is 17.6 Å². The van der Waals surface area contributed by atoms with E-state index in [9.17, 15) is 13.6 Å². The SMILES string of the molecule is C=C(Nc1cc(F)cc2c1cnn2CC)/C(=C\C(F)=C(C)C)C(N)=O. The van der Waals surface area contributed by atoms with Gasteiger partial charge in [-0.3, -0.25) is 9.48 Å². The highest BCUT2D eigenvalue weighted by Crippen LogP contribution is 2.27. The topological polar surface area (TPSA) is 72.9 Å². The molecule has 0 aliphatic rings. The summed E-state index contributed by atoms with van der Waals surface area (Å²) in [5, 5.41) is 7.67. The summed E-state index contributed by atoms with van der Waals surface area (Å²) in [5.74, 6) is -1.90. The van der Waals surface area contributed by atoms with Crippen LogP contribution < -0.4 is 11.1 Å². The maximum Gasteiger partial charge on any atom is 0.250 e. The lowest BCUT2D eigenvalue weighted by Crippen LogP contribution is -2.18. The molecule has 5 nitrogen and oxygen atoms in total. The Morgan fingerprint density at radius 2 is 2.12 bits per heavy atom. The average molecular weight is 346 g/mol. The first-order valence-corrected chi connectivity index (χ1v) is 7.70. The molecule has 1 heterocycles. The van der Waals surface area contributed by atoms with E-state index in [0.717, 1.165) is 6.08 Å². The molecule has 25 heavy (non-hydrogen) atoms. The van der Waals surface area contributed by atoms with Crippen molar-refractivity contribution in [3.63, 3.8) is 0 Å². The zero-order valence-corrected chi connectivity index (χ0v) is 14.4. The van der Waals surface area contributed by atoms with Crippen LogP contribution in [0.4, 0.5) is 14.5 Å². The van der Waals surface area contributed by atoms with E-state index in [0.29, 0.717) is 28.7 Å². The number of primary amides is 1. The first-order valence-electron chi connectivity index (χ1n) is 7.70. The number of hydrogen-bond acceptors (Lipinski definition) is 3. The molecule has 1 aromatic carbocycles. The molecule has 0 fully saturated rings. The normalized spacial score (nSPS) is 11.5. The van der Waals surface area contributed by atoms with E-state index in [1.54, 1.807) is 24.7 Å². The molecule has 0 bridgehead atoms. The van der Waals surface area contributed by atoms with Crippen LogP contribution in [-0.4, -0.2) is 15.7 Å². The van der Waals surface area contributed by atoms with Crippen LogP contribution in [0.15, 0.2) is 53.7 Å². The molecule has 2 rings (SSSR count). The highest BCUT2D eigenvalue weighted by molar-refractivity contribution is 5.99. The van der Waals surface area contributed by atoms with E-state index in [1.165, 1.54) is 12.1 Å². The zero-order valence-electron chi connectivity index (χ0n) is 14.4. The van der Waals surface area contributed by atoms with Crippen molar-refractivity contribution >= 4 is 22.5 Å². The summed E-state index contributed by atoms with van der Waals surface area (Å²) in [6.45, 7) is 9.32.